The molecule has 0 radical (unpaired) electrons. The van der Waals surface area contributed by atoms with Gasteiger partial charge in [0.25, 0.3) is 0 Å². The van der Waals surface area contributed by atoms with Gasteiger partial charge in [-0.05, 0) is 6.07 Å². The van der Waals surface area contributed by atoms with Gasteiger partial charge in [-0.15, -0.1) is 0 Å². The number of aliphatic hydroxyl groups is 1. The van der Waals surface area contributed by atoms with Crippen molar-refractivity contribution < 1.29 is 32.9 Å². The van der Waals surface area contributed by atoms with Crippen LogP contribution in [-0.4, -0.2) is 37.6 Å². The maximum atomic E-state index is 11.7. The van der Waals surface area contributed by atoms with Crippen LogP contribution in [0, 0.1) is 0 Å². The second-order valence-electron chi connectivity index (χ2n) is 3.73. The van der Waals surface area contributed by atoms with E-state index in [0.717, 1.165) is 6.26 Å². The lowest BCUT2D eigenvalue weighted by atomic mass is 10.1. The lowest BCUT2D eigenvalue weighted by Gasteiger charge is -2.13. The van der Waals surface area contributed by atoms with E-state index in [4.69, 9.17) is 14.6 Å². The van der Waals surface area contributed by atoms with Crippen LogP contribution in [0.1, 0.15) is 11.7 Å². The Morgan fingerprint density at radius 2 is 2.06 bits per heavy atom. The van der Waals surface area contributed by atoms with E-state index in [0.29, 0.717) is 0 Å². The molecule has 1 atom stereocenters. The minimum absolute atomic E-state index is 0.0599. The molecule has 1 aromatic rings. The molecule has 1 unspecified atom stereocenters. The topological polar surface area (TPSA) is 110 Å². The predicted molar refractivity (Wildman–Crippen MR) is 58.3 cm³/mol. The van der Waals surface area contributed by atoms with Gasteiger partial charge in [-0.2, -0.15) is 0 Å². The summed E-state index contributed by atoms with van der Waals surface area (Å²) in [5.74, 6) is -1.40. The number of fused-ring (bicyclic) bond motifs is 1. The van der Waals surface area contributed by atoms with Gasteiger partial charge in [0.2, 0.25) is 6.79 Å². The summed E-state index contributed by atoms with van der Waals surface area (Å²) in [6.07, 6.45) is -1.04. The van der Waals surface area contributed by atoms with Crippen LogP contribution in [0.5, 0.6) is 11.5 Å². The van der Waals surface area contributed by atoms with Crippen molar-refractivity contribution in [2.75, 3.05) is 13.0 Å². The molecule has 0 amide bonds. The second-order valence-corrected chi connectivity index (χ2v) is 5.68. The zero-order valence-corrected chi connectivity index (χ0v) is 10.1. The number of ether oxygens (including phenoxy) is 2. The van der Waals surface area contributed by atoms with E-state index in [1.807, 2.05) is 0 Å². The number of hydrogen-bond acceptors (Lipinski definition) is 6. The zero-order valence-electron chi connectivity index (χ0n) is 9.28. The Labute approximate surface area is 102 Å². The summed E-state index contributed by atoms with van der Waals surface area (Å²) in [5.41, 5.74) is -0.241. The van der Waals surface area contributed by atoms with Crippen LogP contribution in [0.3, 0.4) is 0 Å². The van der Waals surface area contributed by atoms with Crippen LogP contribution in [0.25, 0.3) is 0 Å². The van der Waals surface area contributed by atoms with Crippen molar-refractivity contribution in [3.05, 3.63) is 17.7 Å². The standard InChI is InChI=1S/C10H10O7S/c1-18(14,15)9-5(7(11)10(12)13)2-3-6-8(9)17-4-16-6/h2-3,7,11H,4H2,1H3,(H,12,13). The maximum absolute atomic E-state index is 11.7. The number of carboxylic acid groups (broad SMARTS) is 1. The molecule has 1 aromatic carbocycles. The molecular weight excluding hydrogens is 264 g/mol. The quantitative estimate of drug-likeness (QED) is 0.794. The van der Waals surface area contributed by atoms with Crippen molar-refractivity contribution in [2.45, 2.75) is 11.0 Å². The van der Waals surface area contributed by atoms with Crippen molar-refractivity contribution in [1.82, 2.24) is 0 Å². The number of sulfone groups is 1. The highest BCUT2D eigenvalue weighted by Crippen LogP contribution is 2.42. The molecule has 0 aliphatic carbocycles. The number of carbonyl (C=O) groups is 1. The SMILES string of the molecule is CS(=O)(=O)c1c(C(O)C(=O)O)ccc2c1OCO2. The first kappa shape index (κ1) is 12.7. The van der Waals surface area contributed by atoms with Gasteiger partial charge in [-0.1, -0.05) is 6.07 Å². The van der Waals surface area contributed by atoms with Gasteiger partial charge in [0.05, 0.1) is 0 Å². The minimum Gasteiger partial charge on any atom is -0.479 e. The summed E-state index contributed by atoms with van der Waals surface area (Å²) in [5, 5.41) is 18.3. The number of carboxylic acids is 1. The first-order valence-electron chi connectivity index (χ1n) is 4.86. The number of aliphatic carboxylic acids is 1. The highest BCUT2D eigenvalue weighted by Gasteiger charge is 2.32. The largest absolute Gasteiger partial charge is 0.479 e. The Morgan fingerprint density at radius 3 is 2.61 bits per heavy atom. The van der Waals surface area contributed by atoms with Crippen LogP contribution in [0.15, 0.2) is 17.0 Å². The summed E-state index contributed by atoms with van der Waals surface area (Å²) >= 11 is 0. The molecule has 1 aliphatic heterocycles. The van der Waals surface area contributed by atoms with E-state index in [9.17, 15) is 18.3 Å². The summed E-state index contributed by atoms with van der Waals surface area (Å²) in [7, 11) is -3.77. The van der Waals surface area contributed by atoms with E-state index < -0.39 is 21.9 Å². The van der Waals surface area contributed by atoms with E-state index in [1.165, 1.54) is 12.1 Å². The van der Waals surface area contributed by atoms with Gasteiger partial charge >= 0.3 is 5.97 Å². The van der Waals surface area contributed by atoms with Crippen LogP contribution in [-0.2, 0) is 14.6 Å². The molecule has 0 fully saturated rings. The molecule has 18 heavy (non-hydrogen) atoms. The highest BCUT2D eigenvalue weighted by atomic mass is 32.2. The molecular formula is C10H10O7S. The normalized spacial score (nSPS) is 15.4. The number of hydrogen-bond donors (Lipinski definition) is 2. The van der Waals surface area contributed by atoms with Crippen molar-refractivity contribution in [1.29, 1.82) is 0 Å². The maximum Gasteiger partial charge on any atom is 0.337 e. The summed E-state index contributed by atoms with van der Waals surface area (Å²) in [6.45, 7) is -0.148. The van der Waals surface area contributed by atoms with Crippen molar-refractivity contribution >= 4 is 15.8 Å². The minimum atomic E-state index is -3.77. The van der Waals surface area contributed by atoms with E-state index in [2.05, 4.69) is 0 Å². The first-order chi connectivity index (χ1) is 8.32. The van der Waals surface area contributed by atoms with Gasteiger partial charge in [-0.3, -0.25) is 0 Å². The molecule has 0 saturated heterocycles. The van der Waals surface area contributed by atoms with Gasteiger partial charge < -0.3 is 19.7 Å². The van der Waals surface area contributed by atoms with Crippen LogP contribution < -0.4 is 9.47 Å². The van der Waals surface area contributed by atoms with Gasteiger partial charge in [0.1, 0.15) is 4.90 Å². The average Bonchev–Trinajstić information content (AvgIpc) is 2.72. The Balaban J connectivity index is 2.72. The van der Waals surface area contributed by atoms with E-state index >= 15 is 0 Å². The molecule has 1 aliphatic rings. The molecule has 1 heterocycles. The summed E-state index contributed by atoms with van der Waals surface area (Å²) in [6, 6.07) is 2.56. The number of rotatable bonds is 3. The monoisotopic (exact) mass is 274 g/mol. The van der Waals surface area contributed by atoms with E-state index in [-0.39, 0.29) is 28.8 Å². The van der Waals surface area contributed by atoms with E-state index in [1.54, 1.807) is 0 Å². The van der Waals surface area contributed by atoms with Crippen LogP contribution in [0.4, 0.5) is 0 Å². The molecule has 0 aromatic heterocycles. The Morgan fingerprint density at radius 1 is 1.39 bits per heavy atom. The molecule has 0 saturated carbocycles. The average molecular weight is 274 g/mol. The van der Waals surface area contributed by atoms with Crippen molar-refractivity contribution in [3.8, 4) is 11.5 Å². The second kappa shape index (κ2) is 4.14. The third-order valence-electron chi connectivity index (χ3n) is 2.42. The number of aliphatic hydroxyl groups excluding tert-OH is 1. The van der Waals surface area contributed by atoms with Crippen molar-refractivity contribution in [2.24, 2.45) is 0 Å². The van der Waals surface area contributed by atoms with Gasteiger partial charge in [0, 0.05) is 11.8 Å². The fourth-order valence-corrected chi connectivity index (χ4v) is 2.80. The Kier molecular flexibility index (Phi) is 2.91. The highest BCUT2D eigenvalue weighted by molar-refractivity contribution is 7.90. The molecule has 2 N–H and O–H groups in total. The molecule has 0 bridgehead atoms. The Bertz CT molecular complexity index is 605. The Hall–Kier alpha value is -1.80. The smallest absolute Gasteiger partial charge is 0.337 e. The van der Waals surface area contributed by atoms with Crippen molar-refractivity contribution in [3.63, 3.8) is 0 Å². The zero-order chi connectivity index (χ0) is 13.5. The summed E-state index contributed by atoms with van der Waals surface area (Å²) < 4.78 is 33.4. The molecule has 8 heteroatoms. The van der Waals surface area contributed by atoms with Crippen LogP contribution in [0.2, 0.25) is 0 Å². The third-order valence-corrected chi connectivity index (χ3v) is 3.59. The van der Waals surface area contributed by atoms with Gasteiger partial charge in [-0.25, -0.2) is 13.2 Å². The fourth-order valence-electron chi connectivity index (χ4n) is 1.69. The molecule has 98 valence electrons. The molecule has 0 spiro atoms. The fraction of sp³-hybridized carbons (Fsp3) is 0.300. The van der Waals surface area contributed by atoms with Gasteiger partial charge in [0.15, 0.2) is 27.4 Å². The lowest BCUT2D eigenvalue weighted by Crippen LogP contribution is -2.15. The number of benzene rings is 1. The third kappa shape index (κ3) is 2.00. The summed E-state index contributed by atoms with van der Waals surface area (Å²) in [4.78, 5) is 10.4. The predicted octanol–water partition coefficient (Wildman–Crippen LogP) is -0.0632. The first-order valence-corrected chi connectivity index (χ1v) is 6.75. The molecule has 7 nitrogen and oxygen atoms in total. The van der Waals surface area contributed by atoms with Crippen LogP contribution >= 0.6 is 0 Å². The molecule has 2 rings (SSSR count). The lowest BCUT2D eigenvalue weighted by molar-refractivity contribution is -0.147.